The van der Waals surface area contributed by atoms with Crippen LogP contribution in [0.2, 0.25) is 5.02 Å². The number of methoxy groups -OCH3 is 1. The molecule has 2 rings (SSSR count). The predicted octanol–water partition coefficient (Wildman–Crippen LogP) is 4.02. The summed E-state index contributed by atoms with van der Waals surface area (Å²) in [5, 5.41) is 10.6. The molecule has 5 nitrogen and oxygen atoms in total. The number of hydrogen-bond acceptors (Lipinski definition) is 4. The summed E-state index contributed by atoms with van der Waals surface area (Å²) < 4.78 is 7.07. The maximum atomic E-state index is 12.7. The molecule has 0 bridgehead atoms. The van der Waals surface area contributed by atoms with Crippen molar-refractivity contribution in [2.24, 2.45) is 4.99 Å². The lowest BCUT2D eigenvalue weighted by Gasteiger charge is -2.18. The van der Waals surface area contributed by atoms with Gasteiger partial charge in [-0.15, -0.1) is 11.3 Å². The van der Waals surface area contributed by atoms with Gasteiger partial charge in [-0.3, -0.25) is 4.79 Å². The number of carbonyl (C=O) groups excluding carboxylic acids is 1. The molecule has 0 aliphatic carbocycles. The third kappa shape index (κ3) is 5.19. The fourth-order valence-electron chi connectivity index (χ4n) is 2.34. The zero-order valence-corrected chi connectivity index (χ0v) is 17.5. The Bertz CT molecular complexity index is 870. The summed E-state index contributed by atoms with van der Waals surface area (Å²) in [5.41, 5.74) is -0.709. The summed E-state index contributed by atoms with van der Waals surface area (Å²) in [5.74, 6) is -0.0130. The molecule has 0 atom stereocenters. The highest BCUT2D eigenvalue weighted by molar-refractivity contribution is 7.09. The first kappa shape index (κ1) is 20.7. The molecule has 1 aromatic heterocycles. The average Bonchev–Trinajstić information content (AvgIpc) is 2.88. The number of thiazole rings is 1. The second-order valence-electron chi connectivity index (χ2n) is 7.83. The molecule has 1 amide bonds. The lowest BCUT2D eigenvalue weighted by molar-refractivity contribution is 0.0604. The molecule has 0 aliphatic heterocycles. The van der Waals surface area contributed by atoms with Crippen LogP contribution in [0.25, 0.3) is 0 Å². The first-order valence-electron chi connectivity index (χ1n) is 8.26. The number of hydrogen-bond donors (Lipinski definition) is 1. The topological polar surface area (TPSA) is 63.8 Å². The minimum Gasteiger partial charge on any atom is -0.496 e. The van der Waals surface area contributed by atoms with E-state index in [4.69, 9.17) is 16.3 Å². The normalized spacial score (nSPS) is 13.2. The van der Waals surface area contributed by atoms with E-state index in [9.17, 15) is 9.90 Å². The Morgan fingerprint density at radius 1 is 1.31 bits per heavy atom. The highest BCUT2D eigenvalue weighted by Gasteiger charge is 2.22. The molecule has 0 saturated heterocycles. The van der Waals surface area contributed by atoms with Crippen molar-refractivity contribution < 1.29 is 14.6 Å². The summed E-state index contributed by atoms with van der Waals surface area (Å²) in [4.78, 5) is 18.6. The highest BCUT2D eigenvalue weighted by Crippen LogP contribution is 2.26. The van der Waals surface area contributed by atoms with Crippen LogP contribution in [-0.2, 0) is 12.0 Å². The van der Waals surface area contributed by atoms with Gasteiger partial charge in [0.05, 0.1) is 24.8 Å². The lowest BCUT2D eigenvalue weighted by atomic mass is 9.95. The van der Waals surface area contributed by atoms with Crippen molar-refractivity contribution >= 4 is 28.8 Å². The van der Waals surface area contributed by atoms with Gasteiger partial charge in [0.2, 0.25) is 0 Å². The van der Waals surface area contributed by atoms with Gasteiger partial charge >= 0.3 is 0 Å². The van der Waals surface area contributed by atoms with Crippen LogP contribution in [0.15, 0.2) is 29.4 Å². The van der Waals surface area contributed by atoms with Crippen LogP contribution in [-0.4, -0.2) is 28.3 Å². The molecular formula is C19H25ClN2O3S. The smallest absolute Gasteiger partial charge is 0.283 e. The molecule has 1 heterocycles. The van der Waals surface area contributed by atoms with Gasteiger partial charge in [0, 0.05) is 16.1 Å². The fraction of sp³-hybridized carbons (Fsp3) is 0.474. The molecule has 1 N–H and O–H groups in total. The first-order valence-corrected chi connectivity index (χ1v) is 9.46. The second-order valence-corrected chi connectivity index (χ2v) is 9.28. The van der Waals surface area contributed by atoms with Gasteiger partial charge in [-0.1, -0.05) is 32.4 Å². The van der Waals surface area contributed by atoms with Gasteiger partial charge in [-0.2, -0.15) is 4.99 Å². The van der Waals surface area contributed by atoms with E-state index in [1.54, 1.807) is 32.0 Å². The van der Waals surface area contributed by atoms with Crippen LogP contribution < -0.4 is 9.54 Å². The molecule has 0 spiro atoms. The number of aliphatic hydroxyl groups is 1. The van der Waals surface area contributed by atoms with Gasteiger partial charge < -0.3 is 14.4 Å². The van der Waals surface area contributed by atoms with Gasteiger partial charge in [0.15, 0.2) is 4.80 Å². The molecule has 0 fully saturated rings. The maximum absolute atomic E-state index is 12.7. The predicted molar refractivity (Wildman–Crippen MR) is 105 cm³/mol. The number of ether oxygens (including phenoxy) is 1. The molecular weight excluding hydrogens is 372 g/mol. The fourth-order valence-corrected chi connectivity index (χ4v) is 3.56. The molecule has 26 heavy (non-hydrogen) atoms. The van der Waals surface area contributed by atoms with E-state index in [0.29, 0.717) is 27.7 Å². The third-order valence-electron chi connectivity index (χ3n) is 3.61. The molecule has 1 aromatic carbocycles. The number of benzene rings is 1. The Morgan fingerprint density at radius 2 is 1.96 bits per heavy atom. The van der Waals surface area contributed by atoms with Crippen LogP contribution in [0.3, 0.4) is 0 Å². The van der Waals surface area contributed by atoms with Crippen molar-refractivity contribution in [3.05, 3.63) is 44.7 Å². The summed E-state index contributed by atoms with van der Waals surface area (Å²) in [6, 6.07) is 4.85. The minimum atomic E-state index is -0.929. The van der Waals surface area contributed by atoms with Gasteiger partial charge in [0.25, 0.3) is 5.91 Å². The van der Waals surface area contributed by atoms with Crippen molar-refractivity contribution in [1.29, 1.82) is 0 Å². The zero-order valence-electron chi connectivity index (χ0n) is 16.0. The molecule has 142 valence electrons. The maximum Gasteiger partial charge on any atom is 0.283 e. The average molecular weight is 397 g/mol. The third-order valence-corrected chi connectivity index (χ3v) is 5.29. The van der Waals surface area contributed by atoms with Crippen LogP contribution in [0.1, 0.15) is 49.9 Å². The lowest BCUT2D eigenvalue weighted by Crippen LogP contribution is -2.30. The SMILES string of the molecule is COc1ccc(Cl)cc1C(=O)N=c1sc(C(C)(C)C)cn1CC(C)(C)O. The number of amides is 1. The van der Waals surface area contributed by atoms with Crippen LogP contribution in [0.5, 0.6) is 5.75 Å². The van der Waals surface area contributed by atoms with Crippen molar-refractivity contribution in [2.75, 3.05) is 7.11 Å². The van der Waals surface area contributed by atoms with Crippen molar-refractivity contribution in [3.63, 3.8) is 0 Å². The summed E-state index contributed by atoms with van der Waals surface area (Å²) in [6.07, 6.45) is 1.95. The molecule has 0 aliphatic rings. The van der Waals surface area contributed by atoms with E-state index in [2.05, 4.69) is 25.8 Å². The number of rotatable bonds is 4. The number of nitrogens with zero attached hydrogens (tertiary/aromatic N) is 2. The van der Waals surface area contributed by atoms with Gasteiger partial charge in [0.1, 0.15) is 5.75 Å². The Balaban J connectivity index is 2.57. The standard InChI is InChI=1S/C19H25ClN2O3S/c1-18(2,3)15-10-22(11-19(4,5)24)17(26-15)21-16(23)13-9-12(20)7-8-14(13)25-6/h7-10,24H,11H2,1-6H3. The van der Waals surface area contributed by atoms with Crippen LogP contribution in [0, 0.1) is 0 Å². The van der Waals surface area contributed by atoms with Crippen molar-refractivity contribution in [1.82, 2.24) is 4.57 Å². The molecule has 2 aromatic rings. The van der Waals surface area contributed by atoms with E-state index in [-0.39, 0.29) is 5.41 Å². The molecule has 0 radical (unpaired) electrons. The Labute approximate surface area is 162 Å². The largest absolute Gasteiger partial charge is 0.496 e. The Morgan fingerprint density at radius 3 is 2.50 bits per heavy atom. The number of aromatic nitrogens is 1. The number of carbonyl (C=O) groups is 1. The van der Waals surface area contributed by atoms with E-state index in [0.717, 1.165) is 4.88 Å². The Kier molecular flexibility index (Phi) is 6.00. The monoisotopic (exact) mass is 396 g/mol. The quantitative estimate of drug-likeness (QED) is 0.848. The highest BCUT2D eigenvalue weighted by atomic mass is 35.5. The summed E-state index contributed by atoms with van der Waals surface area (Å²) in [7, 11) is 1.50. The summed E-state index contributed by atoms with van der Waals surface area (Å²) in [6.45, 7) is 10.1. The second kappa shape index (κ2) is 7.55. The van der Waals surface area contributed by atoms with Gasteiger partial charge in [-0.25, -0.2) is 0 Å². The van der Waals surface area contributed by atoms with E-state index >= 15 is 0 Å². The van der Waals surface area contributed by atoms with E-state index < -0.39 is 11.5 Å². The van der Waals surface area contributed by atoms with E-state index in [1.807, 2.05) is 10.8 Å². The molecule has 0 unspecified atom stereocenters. The molecule has 7 heteroatoms. The first-order chi connectivity index (χ1) is 11.9. The Hall–Kier alpha value is -1.63. The van der Waals surface area contributed by atoms with E-state index in [1.165, 1.54) is 18.4 Å². The van der Waals surface area contributed by atoms with Crippen LogP contribution >= 0.6 is 22.9 Å². The van der Waals surface area contributed by atoms with Crippen molar-refractivity contribution in [3.8, 4) is 5.75 Å². The minimum absolute atomic E-state index is 0.0867. The van der Waals surface area contributed by atoms with Crippen molar-refractivity contribution in [2.45, 2.75) is 52.2 Å². The zero-order chi connectivity index (χ0) is 19.7. The molecule has 0 saturated carbocycles. The van der Waals surface area contributed by atoms with Gasteiger partial charge in [-0.05, 0) is 37.5 Å². The summed E-state index contributed by atoms with van der Waals surface area (Å²) >= 11 is 7.46. The number of halogens is 1. The van der Waals surface area contributed by atoms with Crippen LogP contribution in [0.4, 0.5) is 0 Å².